The molecule has 0 aliphatic heterocycles. The van der Waals surface area contributed by atoms with Crippen molar-refractivity contribution >= 4 is 35.8 Å². The molecule has 0 aromatic heterocycles. The molecule has 1 saturated carbocycles. The van der Waals surface area contributed by atoms with Gasteiger partial charge in [-0.2, -0.15) is 0 Å². The number of halogens is 1. The van der Waals surface area contributed by atoms with Crippen LogP contribution in [0, 0.1) is 5.41 Å². The normalized spacial score (nSPS) is 15.7. The van der Waals surface area contributed by atoms with Crippen molar-refractivity contribution in [1.82, 2.24) is 10.6 Å². The molecule has 0 spiro atoms. The van der Waals surface area contributed by atoms with Gasteiger partial charge in [0.2, 0.25) is 0 Å². The zero-order valence-corrected chi connectivity index (χ0v) is 18.8. The number of benzene rings is 1. The summed E-state index contributed by atoms with van der Waals surface area (Å²) in [5.41, 5.74) is 6.55. The second-order valence-electron chi connectivity index (χ2n) is 7.01. The average Bonchev–Trinajstić information content (AvgIpc) is 3.12. The van der Waals surface area contributed by atoms with Gasteiger partial charge >= 0.3 is 0 Å². The number of guanidine groups is 1. The number of ether oxygens (including phenoxy) is 1. The Morgan fingerprint density at radius 2 is 2.00 bits per heavy atom. The maximum absolute atomic E-state index is 10.8. The van der Waals surface area contributed by atoms with Crippen LogP contribution >= 0.6 is 24.0 Å². The van der Waals surface area contributed by atoms with Crippen LogP contribution in [-0.2, 0) is 11.3 Å². The lowest BCUT2D eigenvalue weighted by atomic mass is 9.83. The van der Waals surface area contributed by atoms with Gasteiger partial charge in [-0.05, 0) is 49.3 Å². The van der Waals surface area contributed by atoms with Crippen molar-refractivity contribution in [2.45, 2.75) is 52.5 Å². The Labute approximate surface area is 179 Å². The zero-order chi connectivity index (χ0) is 18.8. The molecule has 0 heterocycles. The highest BCUT2D eigenvalue weighted by atomic mass is 127. The molecule has 152 valence electrons. The van der Waals surface area contributed by atoms with Crippen LogP contribution in [0.15, 0.2) is 29.3 Å². The molecule has 0 atom stereocenters. The van der Waals surface area contributed by atoms with E-state index in [0.717, 1.165) is 24.6 Å². The highest BCUT2D eigenvalue weighted by Crippen LogP contribution is 2.40. The van der Waals surface area contributed by atoms with Crippen molar-refractivity contribution in [3.05, 3.63) is 29.8 Å². The van der Waals surface area contributed by atoms with E-state index in [2.05, 4.69) is 24.5 Å². The molecular formula is C20H33IN4O2. The van der Waals surface area contributed by atoms with Crippen molar-refractivity contribution in [3.63, 3.8) is 0 Å². The van der Waals surface area contributed by atoms with Gasteiger partial charge in [0.05, 0.1) is 6.54 Å². The molecule has 7 heteroatoms. The number of amides is 1. The maximum Gasteiger partial charge on any atom is 0.255 e. The number of carbonyl (C=O) groups is 1. The monoisotopic (exact) mass is 488 g/mol. The van der Waals surface area contributed by atoms with Crippen LogP contribution in [0.5, 0.6) is 5.75 Å². The first-order valence-corrected chi connectivity index (χ1v) is 9.59. The fourth-order valence-corrected chi connectivity index (χ4v) is 3.45. The van der Waals surface area contributed by atoms with E-state index >= 15 is 0 Å². The van der Waals surface area contributed by atoms with Crippen LogP contribution in [0.3, 0.4) is 0 Å². The number of rotatable bonds is 9. The molecule has 0 unspecified atom stereocenters. The highest BCUT2D eigenvalue weighted by Gasteiger charge is 2.31. The number of hydrogen-bond acceptors (Lipinski definition) is 3. The number of nitrogens with two attached hydrogens (primary N) is 1. The molecule has 27 heavy (non-hydrogen) atoms. The van der Waals surface area contributed by atoms with Gasteiger partial charge < -0.3 is 21.1 Å². The fraction of sp³-hybridized carbons (Fsp3) is 0.600. The largest absolute Gasteiger partial charge is 0.484 e. The maximum atomic E-state index is 10.8. The third-order valence-electron chi connectivity index (χ3n) is 5.09. The predicted octanol–water partition coefficient (Wildman–Crippen LogP) is 3.19. The Kier molecular flexibility index (Phi) is 10.5. The van der Waals surface area contributed by atoms with E-state index in [1.165, 1.54) is 32.1 Å². The average molecular weight is 488 g/mol. The lowest BCUT2D eigenvalue weighted by Gasteiger charge is -2.28. The quantitative estimate of drug-likeness (QED) is 0.283. The van der Waals surface area contributed by atoms with Gasteiger partial charge in [-0.25, -0.2) is 4.99 Å². The number of nitrogens with one attached hydrogen (secondary N) is 2. The Morgan fingerprint density at radius 3 is 2.63 bits per heavy atom. The Bertz CT molecular complexity index is 616. The number of hydrogen-bond donors (Lipinski definition) is 3. The summed E-state index contributed by atoms with van der Waals surface area (Å²) in [5.74, 6) is 0.991. The molecule has 1 aliphatic carbocycles. The lowest BCUT2D eigenvalue weighted by Crippen LogP contribution is -2.42. The molecule has 0 saturated heterocycles. The Morgan fingerprint density at radius 1 is 1.26 bits per heavy atom. The van der Waals surface area contributed by atoms with Crippen molar-refractivity contribution < 1.29 is 9.53 Å². The van der Waals surface area contributed by atoms with Crippen molar-refractivity contribution in [1.29, 1.82) is 0 Å². The van der Waals surface area contributed by atoms with Gasteiger partial charge in [0.25, 0.3) is 5.91 Å². The molecule has 6 nitrogen and oxygen atoms in total. The van der Waals surface area contributed by atoms with E-state index in [9.17, 15) is 4.79 Å². The number of nitrogens with zero attached hydrogens (tertiary/aromatic N) is 1. The molecule has 1 fully saturated rings. The first-order chi connectivity index (χ1) is 12.6. The summed E-state index contributed by atoms with van der Waals surface area (Å²) in [6, 6.07) is 7.59. The van der Waals surface area contributed by atoms with Crippen LogP contribution < -0.4 is 21.1 Å². The van der Waals surface area contributed by atoms with E-state index in [-0.39, 0.29) is 30.6 Å². The van der Waals surface area contributed by atoms with Gasteiger partial charge in [0, 0.05) is 13.1 Å². The van der Waals surface area contributed by atoms with Crippen molar-refractivity contribution in [3.8, 4) is 5.75 Å². The second kappa shape index (κ2) is 12.0. The molecule has 0 bridgehead atoms. The molecule has 2 rings (SSSR count). The van der Waals surface area contributed by atoms with Crippen LogP contribution in [0.4, 0.5) is 0 Å². The SMILES string of the molecule is CCNC(=NCc1cccc(OCC(N)=O)c1)NCC1(CC)CCCC1.I. The van der Waals surface area contributed by atoms with Crippen molar-refractivity contribution in [2.75, 3.05) is 19.7 Å². The Balaban J connectivity index is 0.00000364. The molecule has 1 aliphatic rings. The first-order valence-electron chi connectivity index (χ1n) is 9.59. The second-order valence-corrected chi connectivity index (χ2v) is 7.01. The standard InChI is InChI=1S/C20H32N4O2.HI/c1-3-20(10-5-6-11-20)15-24-19(22-4-2)23-13-16-8-7-9-17(12-16)26-14-18(21)25;/h7-9,12H,3-6,10-11,13-15H2,1-2H3,(H2,21,25)(H2,22,23,24);1H. The molecule has 1 aromatic carbocycles. The minimum atomic E-state index is -0.483. The fourth-order valence-electron chi connectivity index (χ4n) is 3.45. The number of carbonyl (C=O) groups excluding carboxylic acids is 1. The molecule has 0 radical (unpaired) electrons. The summed E-state index contributed by atoms with van der Waals surface area (Å²) >= 11 is 0. The first kappa shape index (κ1) is 23.5. The van der Waals surface area contributed by atoms with Gasteiger partial charge in [-0.1, -0.05) is 31.9 Å². The molecular weight excluding hydrogens is 455 g/mol. The zero-order valence-electron chi connectivity index (χ0n) is 16.4. The Hall–Kier alpha value is -1.51. The van der Waals surface area contributed by atoms with Crippen LogP contribution in [-0.4, -0.2) is 31.6 Å². The van der Waals surface area contributed by atoms with E-state index in [1.54, 1.807) is 0 Å². The summed E-state index contributed by atoms with van der Waals surface area (Å²) in [5, 5.41) is 6.85. The van der Waals surface area contributed by atoms with E-state index in [0.29, 0.717) is 17.7 Å². The lowest BCUT2D eigenvalue weighted by molar-refractivity contribution is -0.119. The minimum absolute atomic E-state index is 0. The van der Waals surface area contributed by atoms with Gasteiger partial charge in [-0.3, -0.25) is 4.79 Å². The van der Waals surface area contributed by atoms with E-state index < -0.39 is 5.91 Å². The van der Waals surface area contributed by atoms with Crippen LogP contribution in [0.2, 0.25) is 0 Å². The summed E-state index contributed by atoms with van der Waals surface area (Å²) in [7, 11) is 0. The third-order valence-corrected chi connectivity index (χ3v) is 5.09. The third kappa shape index (κ3) is 7.94. The number of aliphatic imine (C=N–C) groups is 1. The van der Waals surface area contributed by atoms with E-state index in [1.807, 2.05) is 24.3 Å². The van der Waals surface area contributed by atoms with Crippen LogP contribution in [0.1, 0.15) is 51.5 Å². The minimum Gasteiger partial charge on any atom is -0.484 e. The topological polar surface area (TPSA) is 88.7 Å². The number of primary amides is 1. The van der Waals surface area contributed by atoms with Crippen LogP contribution in [0.25, 0.3) is 0 Å². The van der Waals surface area contributed by atoms with Gasteiger partial charge in [-0.15, -0.1) is 24.0 Å². The van der Waals surface area contributed by atoms with E-state index in [4.69, 9.17) is 15.5 Å². The molecule has 1 aromatic rings. The summed E-state index contributed by atoms with van der Waals surface area (Å²) in [6.07, 6.45) is 6.48. The van der Waals surface area contributed by atoms with Gasteiger partial charge in [0.1, 0.15) is 5.75 Å². The van der Waals surface area contributed by atoms with Crippen molar-refractivity contribution in [2.24, 2.45) is 16.1 Å². The van der Waals surface area contributed by atoms with Gasteiger partial charge in [0.15, 0.2) is 12.6 Å². The summed E-state index contributed by atoms with van der Waals surface area (Å²) < 4.78 is 5.35. The summed E-state index contributed by atoms with van der Waals surface area (Å²) in [6.45, 7) is 6.58. The molecule has 4 N–H and O–H groups in total. The highest BCUT2D eigenvalue weighted by molar-refractivity contribution is 14.0. The smallest absolute Gasteiger partial charge is 0.255 e. The summed E-state index contributed by atoms with van der Waals surface area (Å²) in [4.78, 5) is 15.5. The predicted molar refractivity (Wildman–Crippen MR) is 121 cm³/mol. The molecule has 1 amide bonds.